The summed E-state index contributed by atoms with van der Waals surface area (Å²) in [5.74, 6) is 6.10. The molecule has 1 aromatic carbocycles. The number of benzene rings is 1. The summed E-state index contributed by atoms with van der Waals surface area (Å²) < 4.78 is 18.8. The Bertz CT molecular complexity index is 878. The van der Waals surface area contributed by atoms with Crippen molar-refractivity contribution in [3.63, 3.8) is 0 Å². The number of methoxy groups -OCH3 is 1. The van der Waals surface area contributed by atoms with E-state index in [0.717, 1.165) is 36.2 Å². The number of hydrogen-bond donors (Lipinski definition) is 1. The van der Waals surface area contributed by atoms with Crippen molar-refractivity contribution in [3.05, 3.63) is 41.6 Å². The third-order valence-corrected chi connectivity index (χ3v) is 10.8. The molecule has 2 unspecified atom stereocenters. The first kappa shape index (κ1) is 28.2. The summed E-state index contributed by atoms with van der Waals surface area (Å²) >= 11 is 0. The number of nitrogens with one attached hydrogen (secondary N) is 1. The molecule has 1 N–H and O–H groups in total. The van der Waals surface area contributed by atoms with E-state index in [-0.39, 0.29) is 36.6 Å². The number of halogens is 1. The summed E-state index contributed by atoms with van der Waals surface area (Å²) in [6.07, 6.45) is 14.7. The second kappa shape index (κ2) is 11.9. The van der Waals surface area contributed by atoms with Gasteiger partial charge in [-0.3, -0.25) is 4.79 Å². The normalized spacial score (nSPS) is 37.3. The van der Waals surface area contributed by atoms with E-state index < -0.39 is 0 Å². The SMILES string of the molecule is COC[C@H]1CC[C@@H]2CC3CC[C@@]4(C)C(CCC[C@@H]4[C@H](C)NC(=O)c4ccc(F)cc4)[C@@H]3CC[C-]2C1.[Li+]. The topological polar surface area (TPSA) is 38.3 Å². The van der Waals surface area contributed by atoms with E-state index in [1.54, 1.807) is 12.1 Å². The summed E-state index contributed by atoms with van der Waals surface area (Å²) in [6, 6.07) is 6.06. The van der Waals surface area contributed by atoms with Gasteiger partial charge in [-0.25, -0.2) is 4.39 Å². The van der Waals surface area contributed by atoms with Crippen molar-refractivity contribution < 1.29 is 32.8 Å². The average molecular weight is 490 g/mol. The molecule has 0 aliphatic heterocycles. The van der Waals surface area contributed by atoms with Crippen LogP contribution in [-0.2, 0) is 4.74 Å². The van der Waals surface area contributed by atoms with Gasteiger partial charge in [-0.05, 0) is 91.9 Å². The van der Waals surface area contributed by atoms with Gasteiger partial charge in [0.05, 0.1) is 0 Å². The second-order valence-electron chi connectivity index (χ2n) is 12.6. The number of carbonyl (C=O) groups is 1. The van der Waals surface area contributed by atoms with E-state index in [9.17, 15) is 9.18 Å². The molecule has 5 rings (SSSR count). The largest absolute Gasteiger partial charge is 1.00 e. The molecule has 0 spiro atoms. The molecule has 1 amide bonds. The van der Waals surface area contributed by atoms with Crippen LogP contribution in [-0.4, -0.2) is 25.7 Å². The fourth-order valence-corrected chi connectivity index (χ4v) is 9.11. The molecular weight excluding hydrogens is 444 g/mol. The Kier molecular flexibility index (Phi) is 9.34. The molecule has 0 bridgehead atoms. The van der Waals surface area contributed by atoms with E-state index in [2.05, 4.69) is 19.2 Å². The van der Waals surface area contributed by atoms with Crippen LogP contribution in [0.4, 0.5) is 4.39 Å². The molecule has 0 radical (unpaired) electrons. The Morgan fingerprint density at radius 1 is 1.17 bits per heavy atom. The molecule has 5 heteroatoms. The van der Waals surface area contributed by atoms with E-state index in [4.69, 9.17) is 4.74 Å². The van der Waals surface area contributed by atoms with Crippen molar-refractivity contribution >= 4 is 5.91 Å². The maximum absolute atomic E-state index is 13.3. The van der Waals surface area contributed by atoms with Crippen LogP contribution in [0.15, 0.2) is 24.3 Å². The molecule has 0 saturated heterocycles. The molecule has 36 heavy (non-hydrogen) atoms. The summed E-state index contributed by atoms with van der Waals surface area (Å²) in [6.45, 7) is 5.68. The maximum atomic E-state index is 13.3. The van der Waals surface area contributed by atoms with E-state index >= 15 is 0 Å². The summed E-state index contributed by atoms with van der Waals surface area (Å²) in [7, 11) is 1.85. The molecule has 0 aromatic heterocycles. The predicted octanol–water partition coefficient (Wildman–Crippen LogP) is 4.22. The zero-order valence-electron chi connectivity index (χ0n) is 23.0. The Balaban J connectivity index is 0.00000304. The Labute approximate surface area is 230 Å². The van der Waals surface area contributed by atoms with Crippen molar-refractivity contribution in [2.45, 2.75) is 90.5 Å². The monoisotopic (exact) mass is 489 g/mol. The first-order valence-corrected chi connectivity index (χ1v) is 14.3. The number of fused-ring (bicyclic) bond motifs is 4. The van der Waals surface area contributed by atoms with E-state index in [0.29, 0.717) is 16.9 Å². The van der Waals surface area contributed by atoms with Crippen molar-refractivity contribution in [1.29, 1.82) is 0 Å². The molecule has 3 nitrogen and oxygen atoms in total. The van der Waals surface area contributed by atoms with Crippen molar-refractivity contribution in [3.8, 4) is 0 Å². The minimum atomic E-state index is -0.301. The van der Waals surface area contributed by atoms with Crippen LogP contribution in [0, 0.1) is 52.7 Å². The van der Waals surface area contributed by atoms with Gasteiger partial charge in [0.1, 0.15) is 5.82 Å². The van der Waals surface area contributed by atoms with Gasteiger partial charge in [-0.15, -0.1) is 0 Å². The van der Waals surface area contributed by atoms with Gasteiger partial charge in [0.2, 0.25) is 0 Å². The zero-order chi connectivity index (χ0) is 24.6. The van der Waals surface area contributed by atoms with Crippen LogP contribution in [0.3, 0.4) is 0 Å². The molecule has 0 heterocycles. The van der Waals surface area contributed by atoms with Crippen LogP contribution < -0.4 is 24.2 Å². The minimum absolute atomic E-state index is 0. The predicted molar refractivity (Wildman–Crippen MR) is 138 cm³/mol. The standard InChI is InChI=1S/C31H45FNO2.Li/c1-20(33-30(34)22-9-12-26(32)13-10-22)28-5-4-6-29-27-14-11-23-17-21(19-35-3)7-8-24(23)18-25(27)15-16-31(28,29)2;/h9-10,12-13,20-21,24-25,27-29H,4-8,11,14-19H2,1-3H3,(H,33,34);/q-1;+1/t20-,21-,24+,25?,27+,28+,29?,31+;/m0./s1. The van der Waals surface area contributed by atoms with Crippen LogP contribution in [0.2, 0.25) is 0 Å². The molecule has 4 saturated carbocycles. The average Bonchev–Trinajstić information content (AvgIpc) is 3.03. The second-order valence-corrected chi connectivity index (χ2v) is 12.6. The molecule has 194 valence electrons. The number of carbonyl (C=O) groups excluding carboxylic acids is 1. The van der Waals surface area contributed by atoms with Crippen LogP contribution in [0.1, 0.15) is 94.8 Å². The quantitative estimate of drug-likeness (QED) is 0.497. The fraction of sp³-hybridized carbons (Fsp3) is 0.742. The summed E-state index contributed by atoms with van der Waals surface area (Å²) in [5.41, 5.74) is 0.850. The zero-order valence-corrected chi connectivity index (χ0v) is 23.0. The fourth-order valence-electron chi connectivity index (χ4n) is 9.11. The maximum Gasteiger partial charge on any atom is 1.00 e. The smallest absolute Gasteiger partial charge is 0.385 e. The van der Waals surface area contributed by atoms with Gasteiger partial charge in [-0.1, -0.05) is 39.0 Å². The number of hydrogen-bond acceptors (Lipinski definition) is 2. The van der Waals surface area contributed by atoms with E-state index in [1.807, 2.05) is 13.0 Å². The van der Waals surface area contributed by atoms with Crippen molar-refractivity contribution in [2.24, 2.45) is 40.9 Å². The van der Waals surface area contributed by atoms with Crippen LogP contribution >= 0.6 is 0 Å². The van der Waals surface area contributed by atoms with Crippen LogP contribution in [0.5, 0.6) is 0 Å². The Morgan fingerprint density at radius 2 is 1.94 bits per heavy atom. The third kappa shape index (κ3) is 5.62. The van der Waals surface area contributed by atoms with Crippen molar-refractivity contribution in [2.75, 3.05) is 13.7 Å². The Hall–Kier alpha value is -0.823. The Morgan fingerprint density at radius 3 is 2.69 bits per heavy atom. The summed E-state index contributed by atoms with van der Waals surface area (Å²) in [5, 5.41) is 3.31. The van der Waals surface area contributed by atoms with Gasteiger partial charge in [0.15, 0.2) is 0 Å². The number of amides is 1. The van der Waals surface area contributed by atoms with Gasteiger partial charge in [0.25, 0.3) is 5.91 Å². The van der Waals surface area contributed by atoms with Gasteiger partial charge in [-0.2, -0.15) is 18.8 Å². The molecular formula is C31H45FLiNO2. The first-order valence-electron chi connectivity index (χ1n) is 14.3. The number of ether oxygens (including phenoxy) is 1. The van der Waals surface area contributed by atoms with E-state index in [1.165, 1.54) is 82.8 Å². The van der Waals surface area contributed by atoms with Gasteiger partial charge in [0, 0.05) is 25.3 Å². The molecule has 1 aromatic rings. The molecule has 4 aliphatic rings. The van der Waals surface area contributed by atoms with Crippen LogP contribution in [0.25, 0.3) is 0 Å². The van der Waals surface area contributed by atoms with Crippen molar-refractivity contribution in [1.82, 2.24) is 5.32 Å². The van der Waals surface area contributed by atoms with Gasteiger partial charge >= 0.3 is 18.9 Å². The summed E-state index contributed by atoms with van der Waals surface area (Å²) in [4.78, 5) is 12.9. The first-order chi connectivity index (χ1) is 16.9. The third-order valence-electron chi connectivity index (χ3n) is 10.8. The molecule has 4 aliphatic carbocycles. The number of rotatable bonds is 5. The minimum Gasteiger partial charge on any atom is -0.385 e. The molecule has 8 atom stereocenters. The van der Waals surface area contributed by atoms with Gasteiger partial charge < -0.3 is 16.0 Å². The molecule has 4 fully saturated rings.